The molecule has 0 bridgehead atoms. The smallest absolute Gasteiger partial charge is 0.0113 e. The Kier molecular flexibility index (Phi) is 4.42. The van der Waals surface area contributed by atoms with Gasteiger partial charge < -0.3 is 5.32 Å². The maximum Gasteiger partial charge on any atom is 0.0113 e. The van der Waals surface area contributed by atoms with Crippen molar-refractivity contribution in [1.82, 2.24) is 5.32 Å². The second-order valence-corrected chi connectivity index (χ2v) is 6.14. The molecule has 1 fully saturated rings. The van der Waals surface area contributed by atoms with Crippen LogP contribution in [0.25, 0.3) is 0 Å². The Balaban J connectivity index is 1.72. The molecule has 2 unspecified atom stereocenters. The summed E-state index contributed by atoms with van der Waals surface area (Å²) >= 11 is 1.88. The van der Waals surface area contributed by atoms with Crippen LogP contribution in [-0.2, 0) is 6.42 Å². The molecular weight excluding hydrogens is 214 g/mol. The Morgan fingerprint density at radius 2 is 2.31 bits per heavy atom. The highest BCUT2D eigenvalue weighted by Gasteiger charge is 2.27. The SMILES string of the molecule is CCC(Cc1cccs1)NCC(C)C1CC1. The lowest BCUT2D eigenvalue weighted by Gasteiger charge is -2.19. The minimum Gasteiger partial charge on any atom is -0.313 e. The second kappa shape index (κ2) is 5.83. The van der Waals surface area contributed by atoms with Crippen molar-refractivity contribution in [3.8, 4) is 0 Å². The van der Waals surface area contributed by atoms with Crippen LogP contribution in [0.1, 0.15) is 38.0 Å². The Hall–Kier alpha value is -0.340. The lowest BCUT2D eigenvalue weighted by atomic mass is 10.0. The van der Waals surface area contributed by atoms with Gasteiger partial charge in [0.1, 0.15) is 0 Å². The third-order valence-corrected chi connectivity index (χ3v) is 4.57. The fourth-order valence-corrected chi connectivity index (χ4v) is 3.00. The van der Waals surface area contributed by atoms with E-state index < -0.39 is 0 Å². The summed E-state index contributed by atoms with van der Waals surface area (Å²) in [6.07, 6.45) is 5.36. The first-order chi connectivity index (χ1) is 7.79. The van der Waals surface area contributed by atoms with Crippen LogP contribution < -0.4 is 5.32 Å². The molecule has 1 heterocycles. The Morgan fingerprint density at radius 1 is 1.50 bits per heavy atom. The average Bonchev–Trinajstić information content (AvgIpc) is 3.03. The van der Waals surface area contributed by atoms with Crippen LogP contribution in [0.5, 0.6) is 0 Å². The zero-order valence-corrected chi connectivity index (χ0v) is 11.2. The van der Waals surface area contributed by atoms with Gasteiger partial charge in [-0.2, -0.15) is 0 Å². The second-order valence-electron chi connectivity index (χ2n) is 5.11. The fourth-order valence-electron chi connectivity index (χ4n) is 2.22. The largest absolute Gasteiger partial charge is 0.313 e. The quantitative estimate of drug-likeness (QED) is 0.762. The summed E-state index contributed by atoms with van der Waals surface area (Å²) in [5, 5.41) is 5.91. The highest BCUT2D eigenvalue weighted by molar-refractivity contribution is 7.09. The van der Waals surface area contributed by atoms with E-state index in [9.17, 15) is 0 Å². The number of hydrogen-bond acceptors (Lipinski definition) is 2. The molecule has 0 aliphatic heterocycles. The van der Waals surface area contributed by atoms with E-state index in [1.54, 1.807) is 0 Å². The van der Waals surface area contributed by atoms with Crippen molar-refractivity contribution in [2.45, 2.75) is 45.6 Å². The molecule has 90 valence electrons. The molecule has 0 saturated heterocycles. The Labute approximate surface area is 103 Å². The summed E-state index contributed by atoms with van der Waals surface area (Å²) in [5.41, 5.74) is 0. The lowest BCUT2D eigenvalue weighted by Crippen LogP contribution is -2.34. The molecule has 1 aromatic rings. The molecule has 2 atom stereocenters. The molecule has 2 rings (SSSR count). The van der Waals surface area contributed by atoms with E-state index in [1.165, 1.54) is 37.1 Å². The van der Waals surface area contributed by atoms with Gasteiger partial charge in [0.15, 0.2) is 0 Å². The molecular formula is C14H23NS. The third kappa shape index (κ3) is 3.60. The van der Waals surface area contributed by atoms with Gasteiger partial charge in [0.2, 0.25) is 0 Å². The van der Waals surface area contributed by atoms with Crippen LogP contribution in [0, 0.1) is 11.8 Å². The minimum absolute atomic E-state index is 0.667. The summed E-state index contributed by atoms with van der Waals surface area (Å²) in [6, 6.07) is 5.07. The molecule has 16 heavy (non-hydrogen) atoms. The molecule has 0 aromatic carbocycles. The summed E-state index contributed by atoms with van der Waals surface area (Å²) in [5.74, 6) is 1.89. The zero-order chi connectivity index (χ0) is 11.4. The van der Waals surface area contributed by atoms with E-state index in [0.717, 1.165) is 11.8 Å². The topological polar surface area (TPSA) is 12.0 Å². The van der Waals surface area contributed by atoms with Gasteiger partial charge in [-0.1, -0.05) is 19.9 Å². The third-order valence-electron chi connectivity index (χ3n) is 3.68. The first-order valence-electron chi connectivity index (χ1n) is 6.55. The molecule has 1 N–H and O–H groups in total. The molecule has 1 aliphatic rings. The van der Waals surface area contributed by atoms with Gasteiger partial charge in [0.25, 0.3) is 0 Å². The van der Waals surface area contributed by atoms with Crippen LogP contribution in [0.3, 0.4) is 0 Å². The van der Waals surface area contributed by atoms with E-state index in [0.29, 0.717) is 6.04 Å². The molecule has 1 aromatic heterocycles. The van der Waals surface area contributed by atoms with Crippen molar-refractivity contribution < 1.29 is 0 Å². The molecule has 1 nitrogen and oxygen atoms in total. The fraction of sp³-hybridized carbons (Fsp3) is 0.714. The molecule has 1 saturated carbocycles. The van der Waals surface area contributed by atoms with Gasteiger partial charge in [-0.15, -0.1) is 11.3 Å². The van der Waals surface area contributed by atoms with Crippen molar-refractivity contribution in [1.29, 1.82) is 0 Å². The van der Waals surface area contributed by atoms with Crippen LogP contribution in [-0.4, -0.2) is 12.6 Å². The van der Waals surface area contributed by atoms with E-state index in [-0.39, 0.29) is 0 Å². The van der Waals surface area contributed by atoms with Gasteiger partial charge in [0.05, 0.1) is 0 Å². The van der Waals surface area contributed by atoms with Crippen molar-refractivity contribution in [3.05, 3.63) is 22.4 Å². The Bertz CT molecular complexity index is 290. The predicted molar refractivity (Wildman–Crippen MR) is 72.0 cm³/mol. The number of thiophene rings is 1. The first-order valence-corrected chi connectivity index (χ1v) is 7.43. The first kappa shape index (κ1) is 12.1. The van der Waals surface area contributed by atoms with Crippen molar-refractivity contribution >= 4 is 11.3 Å². The van der Waals surface area contributed by atoms with E-state index in [2.05, 4.69) is 36.7 Å². The highest BCUT2D eigenvalue weighted by Crippen LogP contribution is 2.36. The Morgan fingerprint density at radius 3 is 2.88 bits per heavy atom. The zero-order valence-electron chi connectivity index (χ0n) is 10.4. The standard InChI is InChI=1S/C14H23NS/c1-3-13(9-14-5-4-8-16-14)15-10-11(2)12-6-7-12/h4-5,8,11-13,15H,3,6-7,9-10H2,1-2H3. The van der Waals surface area contributed by atoms with Crippen molar-refractivity contribution in [2.75, 3.05) is 6.54 Å². The molecule has 0 amide bonds. The lowest BCUT2D eigenvalue weighted by molar-refractivity contribution is 0.407. The van der Waals surface area contributed by atoms with Gasteiger partial charge in [-0.05, 0) is 55.5 Å². The van der Waals surface area contributed by atoms with Gasteiger partial charge >= 0.3 is 0 Å². The molecule has 1 aliphatic carbocycles. The van der Waals surface area contributed by atoms with Crippen molar-refractivity contribution in [2.24, 2.45) is 11.8 Å². The van der Waals surface area contributed by atoms with Gasteiger partial charge in [0, 0.05) is 10.9 Å². The average molecular weight is 237 g/mol. The summed E-state index contributed by atoms with van der Waals surface area (Å²) in [7, 11) is 0. The molecule has 0 radical (unpaired) electrons. The molecule has 2 heteroatoms. The van der Waals surface area contributed by atoms with Gasteiger partial charge in [-0.3, -0.25) is 0 Å². The van der Waals surface area contributed by atoms with Crippen LogP contribution >= 0.6 is 11.3 Å². The summed E-state index contributed by atoms with van der Waals surface area (Å²) in [6.45, 7) is 5.88. The van der Waals surface area contributed by atoms with Crippen LogP contribution in [0.4, 0.5) is 0 Å². The predicted octanol–water partition coefficient (Wildman–Crippen LogP) is 3.70. The molecule has 0 spiro atoms. The van der Waals surface area contributed by atoms with Gasteiger partial charge in [-0.25, -0.2) is 0 Å². The maximum absolute atomic E-state index is 3.74. The number of hydrogen-bond donors (Lipinski definition) is 1. The van der Waals surface area contributed by atoms with E-state index >= 15 is 0 Å². The summed E-state index contributed by atoms with van der Waals surface area (Å²) < 4.78 is 0. The number of nitrogens with one attached hydrogen (secondary N) is 1. The number of rotatable bonds is 7. The van der Waals surface area contributed by atoms with E-state index in [4.69, 9.17) is 0 Å². The van der Waals surface area contributed by atoms with Crippen LogP contribution in [0.15, 0.2) is 17.5 Å². The van der Waals surface area contributed by atoms with E-state index in [1.807, 2.05) is 11.3 Å². The van der Waals surface area contributed by atoms with Crippen LogP contribution in [0.2, 0.25) is 0 Å². The monoisotopic (exact) mass is 237 g/mol. The van der Waals surface area contributed by atoms with Crippen molar-refractivity contribution in [3.63, 3.8) is 0 Å². The normalized spacial score (nSPS) is 19.6. The highest BCUT2D eigenvalue weighted by atomic mass is 32.1. The summed E-state index contributed by atoms with van der Waals surface area (Å²) in [4.78, 5) is 1.51. The minimum atomic E-state index is 0.667. The maximum atomic E-state index is 3.74.